The number of benzene rings is 1. The van der Waals surface area contributed by atoms with E-state index in [1.165, 1.54) is 25.3 Å². The van der Waals surface area contributed by atoms with E-state index >= 15 is 0 Å². The van der Waals surface area contributed by atoms with Gasteiger partial charge in [0, 0.05) is 0 Å². The number of hydrogen-bond acceptors (Lipinski definition) is 4. The number of carboxylic acid groups (broad SMARTS) is 1. The van der Waals surface area contributed by atoms with E-state index in [9.17, 15) is 22.8 Å². The van der Waals surface area contributed by atoms with Crippen molar-refractivity contribution in [3.63, 3.8) is 0 Å². The van der Waals surface area contributed by atoms with E-state index in [1.807, 2.05) is 0 Å². The molecule has 0 atom stereocenters. The molecule has 1 rings (SSSR count). The summed E-state index contributed by atoms with van der Waals surface area (Å²) >= 11 is 0. The Bertz CT molecular complexity index is 530. The van der Waals surface area contributed by atoms with Crippen LogP contribution in [-0.4, -0.2) is 43.4 Å². The Labute approximate surface area is 117 Å². The third-order valence-corrected chi connectivity index (χ3v) is 2.26. The number of carbonyl (C=O) groups is 2. The van der Waals surface area contributed by atoms with Gasteiger partial charge in [-0.05, 0) is 18.2 Å². The Morgan fingerprint density at radius 2 is 2.00 bits per heavy atom. The van der Waals surface area contributed by atoms with E-state index in [0.717, 1.165) is 0 Å². The first-order valence-corrected chi connectivity index (χ1v) is 5.60. The number of alkyl halides is 3. The summed E-state index contributed by atoms with van der Waals surface area (Å²) in [4.78, 5) is 22.2. The number of aromatic carboxylic acids is 1. The lowest BCUT2D eigenvalue weighted by molar-refractivity contribution is -0.139. The van der Waals surface area contributed by atoms with Crippen LogP contribution in [0.15, 0.2) is 18.2 Å². The fraction of sp³-hybridized carbons (Fsp3) is 0.333. The molecule has 0 aliphatic heterocycles. The molecule has 9 heteroatoms. The van der Waals surface area contributed by atoms with E-state index < -0.39 is 31.2 Å². The number of carbonyl (C=O) groups excluding carboxylic acids is 1. The van der Waals surface area contributed by atoms with Crippen LogP contribution >= 0.6 is 0 Å². The van der Waals surface area contributed by atoms with Crippen molar-refractivity contribution in [3.8, 4) is 11.5 Å². The minimum atomic E-state index is -4.53. The minimum absolute atomic E-state index is 0.148. The highest BCUT2D eigenvalue weighted by Crippen LogP contribution is 2.24. The van der Waals surface area contributed by atoms with Crippen molar-refractivity contribution in [2.24, 2.45) is 0 Å². The fourth-order valence-corrected chi connectivity index (χ4v) is 1.32. The molecule has 0 aliphatic carbocycles. The summed E-state index contributed by atoms with van der Waals surface area (Å²) in [6, 6.07) is 3.82. The molecule has 2 N–H and O–H groups in total. The lowest BCUT2D eigenvalue weighted by Crippen LogP contribution is -2.36. The molecule has 0 spiro atoms. The van der Waals surface area contributed by atoms with Gasteiger partial charge in [-0.15, -0.1) is 0 Å². The number of carboxylic acids is 1. The molecule has 1 aromatic carbocycles. The van der Waals surface area contributed by atoms with E-state index in [4.69, 9.17) is 14.6 Å². The molecule has 0 saturated heterocycles. The molecular formula is C12H12F3NO5. The molecule has 0 unspecified atom stereocenters. The van der Waals surface area contributed by atoms with Gasteiger partial charge in [0.2, 0.25) is 0 Å². The average molecular weight is 307 g/mol. The topological polar surface area (TPSA) is 84.9 Å². The first-order chi connectivity index (χ1) is 9.73. The molecule has 0 aliphatic rings. The van der Waals surface area contributed by atoms with Crippen molar-refractivity contribution in [1.82, 2.24) is 5.32 Å². The van der Waals surface area contributed by atoms with Gasteiger partial charge in [-0.2, -0.15) is 13.2 Å². The molecule has 6 nitrogen and oxygen atoms in total. The van der Waals surface area contributed by atoms with E-state index in [2.05, 4.69) is 0 Å². The van der Waals surface area contributed by atoms with Gasteiger partial charge in [-0.3, -0.25) is 4.79 Å². The fourth-order valence-electron chi connectivity index (χ4n) is 1.32. The normalized spacial score (nSPS) is 10.9. The highest BCUT2D eigenvalue weighted by molar-refractivity contribution is 5.91. The summed E-state index contributed by atoms with van der Waals surface area (Å²) in [5.74, 6) is -2.22. The van der Waals surface area contributed by atoms with Crippen molar-refractivity contribution in [1.29, 1.82) is 0 Å². The van der Waals surface area contributed by atoms with Crippen molar-refractivity contribution in [3.05, 3.63) is 23.8 Å². The largest absolute Gasteiger partial charge is 0.497 e. The third kappa shape index (κ3) is 5.59. The number of ether oxygens (including phenoxy) is 2. The third-order valence-electron chi connectivity index (χ3n) is 2.26. The summed E-state index contributed by atoms with van der Waals surface area (Å²) < 4.78 is 45.4. The Morgan fingerprint density at radius 1 is 1.33 bits per heavy atom. The van der Waals surface area contributed by atoms with Crippen molar-refractivity contribution in [2.75, 3.05) is 20.3 Å². The molecule has 0 aromatic heterocycles. The Hall–Kier alpha value is -2.45. The van der Waals surface area contributed by atoms with Crippen LogP contribution in [-0.2, 0) is 4.79 Å². The standard InChI is InChI=1S/C12H12F3NO5/c1-20-7-2-3-9(8(4-7)11(18)19)21-5-10(17)16-6-12(13,14)15/h2-4H,5-6H2,1H3,(H,16,17)(H,18,19). The number of halogens is 3. The van der Waals surface area contributed by atoms with Crippen LogP contribution in [0.2, 0.25) is 0 Å². The van der Waals surface area contributed by atoms with Crippen LogP contribution in [0.1, 0.15) is 10.4 Å². The predicted molar refractivity (Wildman–Crippen MR) is 64.5 cm³/mol. The summed E-state index contributed by atoms with van der Waals surface area (Å²) in [5.41, 5.74) is -0.266. The second-order valence-corrected chi connectivity index (χ2v) is 3.85. The molecular weight excluding hydrogens is 295 g/mol. The zero-order valence-electron chi connectivity index (χ0n) is 10.9. The Kier molecular flexibility index (Phi) is 5.39. The molecule has 0 radical (unpaired) electrons. The molecule has 21 heavy (non-hydrogen) atoms. The second-order valence-electron chi connectivity index (χ2n) is 3.85. The van der Waals surface area contributed by atoms with Crippen LogP contribution in [0.4, 0.5) is 13.2 Å². The molecule has 116 valence electrons. The molecule has 0 fully saturated rings. The van der Waals surface area contributed by atoms with Gasteiger partial charge in [-0.1, -0.05) is 0 Å². The van der Waals surface area contributed by atoms with Crippen LogP contribution in [0, 0.1) is 0 Å². The number of nitrogens with one attached hydrogen (secondary N) is 1. The SMILES string of the molecule is COc1ccc(OCC(=O)NCC(F)(F)F)c(C(=O)O)c1. The molecule has 1 amide bonds. The van der Waals surface area contributed by atoms with E-state index in [1.54, 1.807) is 5.32 Å². The maximum Gasteiger partial charge on any atom is 0.405 e. The summed E-state index contributed by atoms with van der Waals surface area (Å²) in [5, 5.41) is 10.6. The average Bonchev–Trinajstić information content (AvgIpc) is 2.41. The highest BCUT2D eigenvalue weighted by atomic mass is 19.4. The van der Waals surface area contributed by atoms with Crippen molar-refractivity contribution >= 4 is 11.9 Å². The predicted octanol–water partition coefficient (Wildman–Crippen LogP) is 1.45. The van der Waals surface area contributed by atoms with E-state index in [-0.39, 0.29) is 17.1 Å². The quantitative estimate of drug-likeness (QED) is 0.831. The zero-order chi connectivity index (χ0) is 16.0. The lowest BCUT2D eigenvalue weighted by Gasteiger charge is -2.11. The van der Waals surface area contributed by atoms with E-state index in [0.29, 0.717) is 0 Å². The first-order valence-electron chi connectivity index (χ1n) is 5.60. The minimum Gasteiger partial charge on any atom is -0.497 e. The first kappa shape index (κ1) is 16.6. The number of hydrogen-bond donors (Lipinski definition) is 2. The van der Waals surface area contributed by atoms with Crippen LogP contribution < -0.4 is 14.8 Å². The molecule has 0 bridgehead atoms. The van der Waals surface area contributed by atoms with Gasteiger partial charge in [0.25, 0.3) is 5.91 Å². The van der Waals surface area contributed by atoms with Crippen LogP contribution in [0.3, 0.4) is 0 Å². The van der Waals surface area contributed by atoms with Gasteiger partial charge >= 0.3 is 12.1 Å². The smallest absolute Gasteiger partial charge is 0.405 e. The summed E-state index contributed by atoms with van der Waals surface area (Å²) in [6.45, 7) is -2.22. The number of rotatable bonds is 6. The van der Waals surface area contributed by atoms with Gasteiger partial charge in [0.1, 0.15) is 23.6 Å². The van der Waals surface area contributed by atoms with Crippen LogP contribution in [0.5, 0.6) is 11.5 Å². The van der Waals surface area contributed by atoms with Crippen molar-refractivity contribution in [2.45, 2.75) is 6.18 Å². The maximum absolute atomic E-state index is 11.9. The zero-order valence-corrected chi connectivity index (χ0v) is 10.9. The number of amides is 1. The summed E-state index contributed by atoms with van der Waals surface area (Å²) in [7, 11) is 1.34. The van der Waals surface area contributed by atoms with Crippen molar-refractivity contribution < 1.29 is 37.3 Å². The molecule has 0 heterocycles. The highest BCUT2D eigenvalue weighted by Gasteiger charge is 2.27. The molecule has 1 aromatic rings. The van der Waals surface area contributed by atoms with Gasteiger partial charge in [0.15, 0.2) is 6.61 Å². The molecule has 0 saturated carbocycles. The van der Waals surface area contributed by atoms with Gasteiger partial charge in [0.05, 0.1) is 7.11 Å². The Morgan fingerprint density at radius 3 is 2.52 bits per heavy atom. The van der Waals surface area contributed by atoms with Gasteiger partial charge in [-0.25, -0.2) is 4.79 Å². The Balaban J connectivity index is 2.67. The van der Waals surface area contributed by atoms with Gasteiger partial charge < -0.3 is 19.9 Å². The number of methoxy groups -OCH3 is 1. The second kappa shape index (κ2) is 6.82. The van der Waals surface area contributed by atoms with Crippen LogP contribution in [0.25, 0.3) is 0 Å². The lowest BCUT2D eigenvalue weighted by atomic mass is 10.2. The monoisotopic (exact) mass is 307 g/mol. The maximum atomic E-state index is 11.9. The summed E-state index contributed by atoms with van der Waals surface area (Å²) in [6.07, 6.45) is -4.53.